The van der Waals surface area contributed by atoms with Crippen molar-refractivity contribution < 1.29 is 14.0 Å². The molecule has 6 heteroatoms. The smallest absolute Gasteiger partial charge is 0.270 e. The van der Waals surface area contributed by atoms with Crippen molar-refractivity contribution in [3.05, 3.63) is 65.2 Å². The molecule has 0 radical (unpaired) electrons. The van der Waals surface area contributed by atoms with E-state index in [9.17, 15) is 14.0 Å². The average molecular weight is 369 g/mol. The lowest BCUT2D eigenvalue weighted by molar-refractivity contribution is 0.0927. The molecule has 0 unspecified atom stereocenters. The number of hydrogen-bond acceptors (Lipinski definition) is 3. The second kappa shape index (κ2) is 9.26. The average Bonchev–Trinajstić information content (AvgIpc) is 2.96. The van der Waals surface area contributed by atoms with Crippen molar-refractivity contribution in [2.45, 2.75) is 51.1 Å². The molecule has 1 saturated carbocycles. The van der Waals surface area contributed by atoms with Crippen molar-refractivity contribution in [2.24, 2.45) is 0 Å². The number of carbonyl (C=O) groups is 2. The summed E-state index contributed by atoms with van der Waals surface area (Å²) in [6, 6.07) is 11.2. The minimum Gasteiger partial charge on any atom is -0.348 e. The third kappa shape index (κ3) is 5.36. The number of benzene rings is 1. The van der Waals surface area contributed by atoms with Crippen molar-refractivity contribution in [1.29, 1.82) is 0 Å². The van der Waals surface area contributed by atoms with Crippen LogP contribution in [0.5, 0.6) is 0 Å². The lowest BCUT2D eigenvalue weighted by Crippen LogP contribution is -2.35. The van der Waals surface area contributed by atoms with E-state index in [2.05, 4.69) is 15.6 Å². The zero-order valence-electron chi connectivity index (χ0n) is 15.2. The number of carbonyl (C=O) groups excluding carboxylic acids is 2. The van der Waals surface area contributed by atoms with Gasteiger partial charge in [0.1, 0.15) is 17.2 Å². The summed E-state index contributed by atoms with van der Waals surface area (Å²) in [5, 5.41) is 5.66. The lowest BCUT2D eigenvalue weighted by Gasteiger charge is -2.16. The Morgan fingerprint density at radius 2 is 1.59 bits per heavy atom. The third-order valence-corrected chi connectivity index (χ3v) is 4.80. The zero-order valence-corrected chi connectivity index (χ0v) is 15.2. The quantitative estimate of drug-likeness (QED) is 0.791. The van der Waals surface area contributed by atoms with Crippen LogP contribution in [0.3, 0.4) is 0 Å². The molecule has 1 aliphatic rings. The maximum atomic E-state index is 13.6. The fourth-order valence-corrected chi connectivity index (χ4v) is 3.28. The molecule has 0 atom stereocenters. The molecule has 2 amide bonds. The van der Waals surface area contributed by atoms with Crippen molar-refractivity contribution in [3.8, 4) is 0 Å². The van der Waals surface area contributed by atoms with E-state index in [0.717, 1.165) is 25.7 Å². The summed E-state index contributed by atoms with van der Waals surface area (Å²) >= 11 is 0. The fourth-order valence-electron chi connectivity index (χ4n) is 3.28. The highest BCUT2D eigenvalue weighted by molar-refractivity contribution is 5.96. The molecule has 0 aliphatic heterocycles. The Bertz CT molecular complexity index is 802. The second-order valence-corrected chi connectivity index (χ2v) is 6.84. The number of aromatic nitrogens is 1. The van der Waals surface area contributed by atoms with Gasteiger partial charge in [0.25, 0.3) is 11.8 Å². The minimum atomic E-state index is -0.442. The number of pyridine rings is 1. The molecular weight excluding hydrogens is 345 g/mol. The topological polar surface area (TPSA) is 71.1 Å². The predicted octanol–water partition coefficient (Wildman–Crippen LogP) is 3.60. The Morgan fingerprint density at radius 3 is 2.30 bits per heavy atom. The molecule has 1 aromatic carbocycles. The molecule has 0 spiro atoms. The largest absolute Gasteiger partial charge is 0.348 e. The first-order chi connectivity index (χ1) is 13.1. The van der Waals surface area contributed by atoms with Gasteiger partial charge in [0, 0.05) is 18.2 Å². The monoisotopic (exact) mass is 369 g/mol. The Balaban J connectivity index is 1.61. The standard InChI is InChI=1S/C21H24FN3O2/c22-17-11-6-5-8-15(17)14-23-20(26)18-12-7-13-19(25-18)21(27)24-16-9-3-1-2-4-10-16/h5-8,11-13,16H,1-4,9-10,14H2,(H,23,26)(H,24,27). The van der Waals surface area contributed by atoms with Crippen LogP contribution in [-0.4, -0.2) is 22.8 Å². The SMILES string of the molecule is O=C(NCc1ccccc1F)c1cccc(C(=O)NC2CCCCCC2)n1. The summed E-state index contributed by atoms with van der Waals surface area (Å²) in [7, 11) is 0. The number of nitrogens with zero attached hydrogens (tertiary/aromatic N) is 1. The van der Waals surface area contributed by atoms with Gasteiger partial charge in [0.2, 0.25) is 0 Å². The summed E-state index contributed by atoms with van der Waals surface area (Å²) in [4.78, 5) is 29.0. The molecule has 5 nitrogen and oxygen atoms in total. The molecule has 2 N–H and O–H groups in total. The molecule has 0 bridgehead atoms. The van der Waals surface area contributed by atoms with Gasteiger partial charge in [-0.05, 0) is 31.0 Å². The first-order valence-electron chi connectivity index (χ1n) is 9.43. The van der Waals surface area contributed by atoms with Crippen LogP contribution in [0.25, 0.3) is 0 Å². The molecule has 2 aromatic rings. The van der Waals surface area contributed by atoms with Gasteiger partial charge in [-0.2, -0.15) is 0 Å². The number of nitrogens with one attached hydrogen (secondary N) is 2. The highest BCUT2D eigenvalue weighted by Gasteiger charge is 2.18. The molecule has 1 fully saturated rings. The normalized spacial score (nSPS) is 15.0. The Labute approximate surface area is 158 Å². The molecular formula is C21H24FN3O2. The predicted molar refractivity (Wildman–Crippen MR) is 101 cm³/mol. The summed E-state index contributed by atoms with van der Waals surface area (Å²) in [6.07, 6.45) is 6.63. The van der Waals surface area contributed by atoms with Crippen molar-refractivity contribution in [3.63, 3.8) is 0 Å². The van der Waals surface area contributed by atoms with Crippen LogP contribution in [0.1, 0.15) is 65.1 Å². The van der Waals surface area contributed by atoms with Crippen LogP contribution in [-0.2, 0) is 6.54 Å². The van der Waals surface area contributed by atoms with Crippen LogP contribution >= 0.6 is 0 Å². The number of amides is 2. The molecule has 1 aromatic heterocycles. The van der Waals surface area contributed by atoms with Gasteiger partial charge in [-0.3, -0.25) is 9.59 Å². The Kier molecular flexibility index (Phi) is 6.52. The maximum Gasteiger partial charge on any atom is 0.270 e. The number of rotatable bonds is 5. The third-order valence-electron chi connectivity index (χ3n) is 4.80. The first kappa shape index (κ1) is 19.0. The van der Waals surface area contributed by atoms with Crippen molar-refractivity contribution >= 4 is 11.8 Å². The molecule has 1 aliphatic carbocycles. The summed E-state index contributed by atoms with van der Waals surface area (Å²) < 4.78 is 13.6. The lowest BCUT2D eigenvalue weighted by atomic mass is 10.1. The Morgan fingerprint density at radius 1 is 0.926 bits per heavy atom. The summed E-state index contributed by atoms with van der Waals surface area (Å²) in [5.74, 6) is -1.07. The van der Waals surface area contributed by atoms with Gasteiger partial charge in [-0.25, -0.2) is 9.37 Å². The van der Waals surface area contributed by atoms with Crippen LogP contribution in [0, 0.1) is 5.82 Å². The summed E-state index contributed by atoms with van der Waals surface area (Å²) in [6.45, 7) is 0.0612. The highest BCUT2D eigenvalue weighted by atomic mass is 19.1. The Hall–Kier alpha value is -2.76. The maximum absolute atomic E-state index is 13.6. The van der Waals surface area contributed by atoms with E-state index in [1.807, 2.05) is 0 Å². The number of halogens is 1. The van der Waals surface area contributed by atoms with Crippen molar-refractivity contribution in [2.75, 3.05) is 0 Å². The van der Waals surface area contributed by atoms with E-state index in [1.165, 1.54) is 18.9 Å². The molecule has 1 heterocycles. The van der Waals surface area contributed by atoms with E-state index in [0.29, 0.717) is 5.56 Å². The molecule has 3 rings (SSSR count). The van der Waals surface area contributed by atoms with E-state index in [4.69, 9.17) is 0 Å². The van der Waals surface area contributed by atoms with Gasteiger partial charge in [-0.15, -0.1) is 0 Å². The first-order valence-corrected chi connectivity index (χ1v) is 9.43. The summed E-state index contributed by atoms with van der Waals surface area (Å²) in [5.41, 5.74) is 0.755. The van der Waals surface area contributed by atoms with Gasteiger partial charge in [0.15, 0.2) is 0 Å². The minimum absolute atomic E-state index is 0.0612. The van der Waals surface area contributed by atoms with Crippen LogP contribution in [0.15, 0.2) is 42.5 Å². The number of hydrogen-bond donors (Lipinski definition) is 2. The van der Waals surface area contributed by atoms with Gasteiger partial charge in [0.05, 0.1) is 0 Å². The molecule has 0 saturated heterocycles. The molecule has 27 heavy (non-hydrogen) atoms. The zero-order chi connectivity index (χ0) is 19.1. The van der Waals surface area contributed by atoms with E-state index in [-0.39, 0.29) is 35.7 Å². The highest BCUT2D eigenvalue weighted by Crippen LogP contribution is 2.17. The molecule has 142 valence electrons. The van der Waals surface area contributed by atoms with Crippen LogP contribution in [0.4, 0.5) is 4.39 Å². The van der Waals surface area contributed by atoms with Gasteiger partial charge >= 0.3 is 0 Å². The van der Waals surface area contributed by atoms with E-state index < -0.39 is 5.91 Å². The second-order valence-electron chi connectivity index (χ2n) is 6.84. The van der Waals surface area contributed by atoms with E-state index >= 15 is 0 Å². The van der Waals surface area contributed by atoms with Gasteiger partial charge in [-0.1, -0.05) is 49.9 Å². The van der Waals surface area contributed by atoms with Crippen LogP contribution in [0.2, 0.25) is 0 Å². The van der Waals surface area contributed by atoms with Crippen LogP contribution < -0.4 is 10.6 Å². The van der Waals surface area contributed by atoms with E-state index in [1.54, 1.807) is 36.4 Å². The fraction of sp³-hybridized carbons (Fsp3) is 0.381. The van der Waals surface area contributed by atoms with Gasteiger partial charge < -0.3 is 10.6 Å². The van der Waals surface area contributed by atoms with Crippen molar-refractivity contribution in [1.82, 2.24) is 15.6 Å².